The molecule has 0 spiro atoms. The molecule has 1 aromatic heterocycles. The van der Waals surface area contributed by atoms with Gasteiger partial charge in [0.1, 0.15) is 7.59 Å². The highest BCUT2D eigenvalue weighted by Gasteiger charge is 2.73. The second-order valence-electron chi connectivity index (χ2n) is 17.1. The molecule has 215 valence electrons. The smallest absolute Gasteiger partial charge is 0.101 e. The molecule has 1 radical (unpaired) electrons. The second kappa shape index (κ2) is 10.7. The Morgan fingerprint density at radius 3 is 1.24 bits per heavy atom. The van der Waals surface area contributed by atoms with E-state index in [4.69, 9.17) is 4.98 Å². The molecule has 6 heteroatoms. The normalized spacial score (nSPS) is 15.2. The van der Waals surface area contributed by atoms with E-state index in [0.29, 0.717) is 31.2 Å². The molecule has 2 nitrogen and oxygen atoms in total. The summed E-state index contributed by atoms with van der Waals surface area (Å²) in [5, 5.41) is 2.76. The van der Waals surface area contributed by atoms with Crippen LogP contribution >= 0.6 is 0 Å². The third-order valence-electron chi connectivity index (χ3n) is 10.9. The highest BCUT2D eigenvalue weighted by atomic mass is 29.9. The average molecular weight is 578 g/mol. The Morgan fingerprint density at radius 1 is 0.676 bits per heavy atom. The summed E-state index contributed by atoms with van der Waals surface area (Å²) in [5.74, 6) is 0. The lowest BCUT2D eigenvalue weighted by molar-refractivity contribution is 0.626. The number of hydrogen-bond acceptors (Lipinski definition) is 2. The van der Waals surface area contributed by atoms with Crippen molar-refractivity contribution in [2.24, 2.45) is 0 Å². The number of aromatic nitrogens is 1. The summed E-state index contributed by atoms with van der Waals surface area (Å²) < 4.78 is 0. The van der Waals surface area contributed by atoms with Crippen LogP contribution in [0, 0.1) is 0 Å². The molecule has 1 rings (SSSR count). The highest BCUT2D eigenvalue weighted by Crippen LogP contribution is 2.63. The standard InChI is InChI=1S/C31H65N2Si4/c1-24(2)37(25(3)4,27-23-26(33(17)18)21-22-32-27)34(35(19,28(5,6)7)29(8,9)10)36(20,30(11,12)13)31(14,15)16/h21-25H,1-20H3. The summed E-state index contributed by atoms with van der Waals surface area (Å²) in [6.07, 6.45) is 2.14. The molecule has 1 heterocycles. The Balaban J connectivity index is 4.72. The molecule has 0 unspecified atom stereocenters. The average Bonchev–Trinajstić information content (AvgIpc) is 2.66. The molecular formula is C31H65N2Si4. The highest BCUT2D eigenvalue weighted by molar-refractivity contribution is 7.85. The molecule has 1 aromatic rings. The Kier molecular flexibility index (Phi) is 10.0. The van der Waals surface area contributed by atoms with Crippen LogP contribution in [0.15, 0.2) is 18.3 Å². The molecule has 0 fully saturated rings. The van der Waals surface area contributed by atoms with Crippen LogP contribution < -0.4 is 10.2 Å². The Bertz CT molecular complexity index is 835. The van der Waals surface area contributed by atoms with Gasteiger partial charge in [-0.2, -0.15) is 0 Å². The predicted octanol–water partition coefficient (Wildman–Crippen LogP) is 9.71. The molecule has 0 aliphatic rings. The van der Waals surface area contributed by atoms with Crippen molar-refractivity contribution in [1.82, 2.24) is 4.98 Å². The first-order chi connectivity index (χ1) is 16.2. The monoisotopic (exact) mass is 577 g/mol. The van der Waals surface area contributed by atoms with Gasteiger partial charge in [-0.3, -0.25) is 4.98 Å². The number of nitrogens with zero attached hydrogens (tertiary/aromatic N) is 2. The first kappa shape index (κ1) is 34.8. The SMILES string of the molecule is CC(C)[Si](c1cc(N(C)C)ccn1)(C(C)C)[Si]([Si](C)(C(C)(C)C)C(C)(C)C)[Si](C)(C(C)(C)C)C(C)(C)C. The summed E-state index contributed by atoms with van der Waals surface area (Å²) in [6, 6.07) is 4.75. The van der Waals surface area contributed by atoms with E-state index in [0.717, 1.165) is 0 Å². The maximum Gasteiger partial charge on any atom is 0.101 e. The maximum absolute atomic E-state index is 5.42. The Labute approximate surface area is 237 Å². The van der Waals surface area contributed by atoms with Gasteiger partial charge >= 0.3 is 0 Å². The molecule has 0 aliphatic heterocycles. The number of hydrogen-bond donors (Lipinski definition) is 0. The van der Waals surface area contributed by atoms with Gasteiger partial charge in [0.25, 0.3) is 0 Å². The first-order valence-corrected chi connectivity index (χ1v) is 26.3. The molecule has 0 N–H and O–H groups in total. The summed E-state index contributed by atoms with van der Waals surface area (Å²) in [4.78, 5) is 7.70. The van der Waals surface area contributed by atoms with Crippen molar-refractivity contribution in [2.45, 2.75) is 155 Å². The number of anilines is 1. The van der Waals surface area contributed by atoms with Crippen molar-refractivity contribution in [3.63, 3.8) is 0 Å². The molecule has 0 aliphatic carbocycles. The van der Waals surface area contributed by atoms with Crippen LogP contribution in [-0.4, -0.2) is 49.2 Å². The Hall–Kier alpha value is -0.182. The van der Waals surface area contributed by atoms with Crippen molar-refractivity contribution in [2.75, 3.05) is 19.0 Å². The minimum atomic E-state index is -2.16. The zero-order valence-corrected chi connectivity index (χ0v) is 32.8. The minimum Gasteiger partial charge on any atom is -0.378 e. The third-order valence-corrected chi connectivity index (χ3v) is 77.7. The summed E-state index contributed by atoms with van der Waals surface area (Å²) >= 11 is 0. The molecular weight excluding hydrogens is 513 g/mol. The minimum absolute atomic E-state index is 0.311. The lowest BCUT2D eigenvalue weighted by atomic mass is 10.2. The van der Waals surface area contributed by atoms with Crippen LogP contribution in [0.4, 0.5) is 5.69 Å². The fourth-order valence-corrected chi connectivity index (χ4v) is 108. The Morgan fingerprint density at radius 2 is 1.00 bits per heavy atom. The topological polar surface area (TPSA) is 16.1 Å². The van der Waals surface area contributed by atoms with E-state index in [1.165, 1.54) is 11.0 Å². The van der Waals surface area contributed by atoms with Gasteiger partial charge in [0, 0.05) is 53.8 Å². The molecule has 0 bridgehead atoms. The fourth-order valence-electron chi connectivity index (χ4n) is 7.96. The van der Waals surface area contributed by atoms with E-state index in [1.54, 1.807) is 0 Å². The van der Waals surface area contributed by atoms with E-state index in [1.807, 2.05) is 0 Å². The quantitative estimate of drug-likeness (QED) is 0.300. The molecule has 0 saturated carbocycles. The number of rotatable bonds is 7. The molecule has 37 heavy (non-hydrogen) atoms. The summed E-state index contributed by atoms with van der Waals surface area (Å²) in [6.45, 7) is 47.6. The van der Waals surface area contributed by atoms with Crippen LogP contribution in [-0.2, 0) is 0 Å². The van der Waals surface area contributed by atoms with Gasteiger partial charge in [-0.25, -0.2) is 0 Å². The van der Waals surface area contributed by atoms with Crippen molar-refractivity contribution < 1.29 is 0 Å². The predicted molar refractivity (Wildman–Crippen MR) is 182 cm³/mol. The zero-order valence-electron chi connectivity index (χ0n) is 28.8. The van der Waals surface area contributed by atoms with E-state index >= 15 is 0 Å². The van der Waals surface area contributed by atoms with Crippen molar-refractivity contribution in [1.29, 1.82) is 0 Å². The van der Waals surface area contributed by atoms with E-state index in [9.17, 15) is 0 Å². The van der Waals surface area contributed by atoms with Crippen molar-refractivity contribution in [3.8, 4) is 0 Å². The van der Waals surface area contributed by atoms with E-state index in [-0.39, 0.29) is 0 Å². The van der Waals surface area contributed by atoms with Crippen LogP contribution in [0.25, 0.3) is 0 Å². The van der Waals surface area contributed by atoms with Gasteiger partial charge in [-0.15, -0.1) is 0 Å². The van der Waals surface area contributed by atoms with Gasteiger partial charge in [-0.1, -0.05) is 124 Å². The lowest BCUT2D eigenvalue weighted by Gasteiger charge is -2.69. The molecule has 0 atom stereocenters. The van der Waals surface area contributed by atoms with Gasteiger partial charge in [0.15, 0.2) is 0 Å². The van der Waals surface area contributed by atoms with Crippen LogP contribution in [0.5, 0.6) is 0 Å². The van der Waals surface area contributed by atoms with Crippen LogP contribution in [0.2, 0.25) is 44.3 Å². The largest absolute Gasteiger partial charge is 0.378 e. The second-order valence-corrected chi connectivity index (χ2v) is 50.4. The van der Waals surface area contributed by atoms with Crippen molar-refractivity contribution >= 4 is 41.1 Å². The molecule has 0 amide bonds. The maximum atomic E-state index is 5.42. The van der Waals surface area contributed by atoms with E-state index < -0.39 is 30.1 Å². The summed E-state index contributed by atoms with van der Waals surface area (Å²) in [7, 11) is -2.59. The third kappa shape index (κ3) is 5.56. The number of pyridine rings is 1. The van der Waals surface area contributed by atoms with Crippen molar-refractivity contribution in [3.05, 3.63) is 18.3 Å². The van der Waals surface area contributed by atoms with Gasteiger partial charge < -0.3 is 4.90 Å². The van der Waals surface area contributed by atoms with E-state index in [2.05, 4.69) is 161 Å². The zero-order chi connectivity index (χ0) is 29.8. The summed E-state index contributed by atoms with van der Waals surface area (Å²) in [5.41, 5.74) is 2.62. The van der Waals surface area contributed by atoms with Gasteiger partial charge in [0.2, 0.25) is 0 Å². The van der Waals surface area contributed by atoms with Gasteiger partial charge in [0.05, 0.1) is 0 Å². The molecule has 0 saturated heterocycles. The lowest BCUT2D eigenvalue weighted by Crippen LogP contribution is -2.88. The van der Waals surface area contributed by atoms with Crippen LogP contribution in [0.3, 0.4) is 0 Å². The van der Waals surface area contributed by atoms with Crippen LogP contribution in [0.1, 0.15) is 111 Å². The molecule has 0 aromatic carbocycles. The fraction of sp³-hybridized carbons (Fsp3) is 0.839. The first-order valence-electron chi connectivity index (χ1n) is 14.7. The van der Waals surface area contributed by atoms with Gasteiger partial charge in [-0.05, 0) is 43.4 Å².